The standard InChI is InChI=1S/C12H20BrN3S/c1-2-3-4-5-6-15-12(14)16-8-11-7-10(13)9-17-11/h7,9H,2-6,8H2,1H3,(H3,14,15,16). The summed E-state index contributed by atoms with van der Waals surface area (Å²) in [6.07, 6.45) is 4.97. The van der Waals surface area contributed by atoms with Crippen LogP contribution in [0.5, 0.6) is 0 Å². The molecule has 0 spiro atoms. The van der Waals surface area contributed by atoms with Gasteiger partial charge in [-0.3, -0.25) is 0 Å². The van der Waals surface area contributed by atoms with Crippen molar-refractivity contribution in [3.8, 4) is 0 Å². The fourth-order valence-corrected chi connectivity index (χ4v) is 2.80. The van der Waals surface area contributed by atoms with E-state index in [1.807, 2.05) is 0 Å². The molecule has 0 atom stereocenters. The third-order valence-electron chi connectivity index (χ3n) is 2.36. The minimum Gasteiger partial charge on any atom is -0.370 e. The number of thiophene rings is 1. The molecule has 5 heteroatoms. The maximum atomic E-state index is 5.77. The maximum absolute atomic E-state index is 5.77. The highest BCUT2D eigenvalue weighted by molar-refractivity contribution is 9.10. The SMILES string of the molecule is CCCCCCNC(N)=NCc1cc(Br)cs1. The molecule has 0 unspecified atom stereocenters. The van der Waals surface area contributed by atoms with E-state index in [9.17, 15) is 0 Å². The van der Waals surface area contributed by atoms with Crippen molar-refractivity contribution in [1.82, 2.24) is 5.32 Å². The molecule has 0 fully saturated rings. The fourth-order valence-electron chi connectivity index (χ4n) is 1.42. The van der Waals surface area contributed by atoms with E-state index in [2.05, 4.69) is 44.6 Å². The van der Waals surface area contributed by atoms with Crippen molar-refractivity contribution in [3.63, 3.8) is 0 Å². The topological polar surface area (TPSA) is 50.4 Å². The predicted octanol–water partition coefficient (Wildman–Crippen LogP) is 3.50. The minimum atomic E-state index is 0.547. The number of aliphatic imine (C=N–C) groups is 1. The van der Waals surface area contributed by atoms with Gasteiger partial charge >= 0.3 is 0 Å². The monoisotopic (exact) mass is 317 g/mol. The molecule has 0 radical (unpaired) electrons. The normalized spacial score (nSPS) is 11.8. The van der Waals surface area contributed by atoms with E-state index in [1.54, 1.807) is 11.3 Å². The van der Waals surface area contributed by atoms with Gasteiger partial charge in [-0.05, 0) is 28.4 Å². The highest BCUT2D eigenvalue weighted by Gasteiger charge is 1.97. The van der Waals surface area contributed by atoms with E-state index in [4.69, 9.17) is 5.73 Å². The smallest absolute Gasteiger partial charge is 0.188 e. The van der Waals surface area contributed by atoms with Crippen LogP contribution in [0.4, 0.5) is 0 Å². The van der Waals surface area contributed by atoms with Crippen molar-refractivity contribution >= 4 is 33.2 Å². The van der Waals surface area contributed by atoms with Crippen molar-refractivity contribution in [3.05, 3.63) is 20.8 Å². The van der Waals surface area contributed by atoms with Crippen molar-refractivity contribution in [2.45, 2.75) is 39.2 Å². The maximum Gasteiger partial charge on any atom is 0.188 e. The molecule has 0 aliphatic rings. The molecule has 0 aliphatic carbocycles. The molecule has 17 heavy (non-hydrogen) atoms. The van der Waals surface area contributed by atoms with Crippen molar-refractivity contribution in [2.24, 2.45) is 10.7 Å². The van der Waals surface area contributed by atoms with E-state index in [-0.39, 0.29) is 0 Å². The van der Waals surface area contributed by atoms with Crippen LogP contribution in [0.1, 0.15) is 37.5 Å². The van der Waals surface area contributed by atoms with Gasteiger partial charge in [-0.15, -0.1) is 11.3 Å². The summed E-state index contributed by atoms with van der Waals surface area (Å²) in [6.45, 7) is 3.79. The van der Waals surface area contributed by atoms with Crippen LogP contribution in [0.25, 0.3) is 0 Å². The zero-order valence-electron chi connectivity index (χ0n) is 10.2. The van der Waals surface area contributed by atoms with Crippen LogP contribution in [0.3, 0.4) is 0 Å². The average molecular weight is 318 g/mol. The number of nitrogens with two attached hydrogens (primary N) is 1. The largest absolute Gasteiger partial charge is 0.370 e. The van der Waals surface area contributed by atoms with Crippen LogP contribution in [0, 0.1) is 0 Å². The Hall–Kier alpha value is -0.550. The zero-order valence-corrected chi connectivity index (χ0v) is 12.6. The summed E-state index contributed by atoms with van der Waals surface area (Å²) in [5, 5.41) is 5.19. The molecular weight excluding hydrogens is 298 g/mol. The first-order valence-corrected chi connectivity index (χ1v) is 7.66. The molecule has 0 aromatic carbocycles. The average Bonchev–Trinajstić information content (AvgIpc) is 2.72. The Morgan fingerprint density at radius 1 is 1.47 bits per heavy atom. The van der Waals surface area contributed by atoms with Gasteiger partial charge in [-0.25, -0.2) is 4.99 Å². The lowest BCUT2D eigenvalue weighted by atomic mass is 10.2. The second-order valence-corrected chi connectivity index (χ2v) is 5.83. The summed E-state index contributed by atoms with van der Waals surface area (Å²) in [7, 11) is 0. The zero-order chi connectivity index (χ0) is 12.5. The summed E-state index contributed by atoms with van der Waals surface area (Å²) in [4.78, 5) is 5.51. The van der Waals surface area contributed by atoms with E-state index >= 15 is 0 Å². The fraction of sp³-hybridized carbons (Fsp3) is 0.583. The van der Waals surface area contributed by atoms with Crippen LogP contribution >= 0.6 is 27.3 Å². The molecule has 0 amide bonds. The summed E-state index contributed by atoms with van der Waals surface area (Å²) in [6, 6.07) is 2.07. The van der Waals surface area contributed by atoms with E-state index in [0.29, 0.717) is 12.5 Å². The molecule has 1 aromatic heterocycles. The second-order valence-electron chi connectivity index (χ2n) is 3.92. The Bertz CT molecular complexity index is 349. The number of rotatable bonds is 7. The molecule has 96 valence electrons. The first-order valence-electron chi connectivity index (χ1n) is 5.99. The van der Waals surface area contributed by atoms with Crippen LogP contribution in [-0.2, 0) is 6.54 Å². The third-order valence-corrected chi connectivity index (χ3v) is 4.05. The molecule has 3 nitrogen and oxygen atoms in total. The Labute approximate surface area is 116 Å². The number of halogens is 1. The van der Waals surface area contributed by atoms with Gasteiger partial charge in [0, 0.05) is 21.3 Å². The number of hydrogen-bond acceptors (Lipinski definition) is 2. The summed E-state index contributed by atoms with van der Waals surface area (Å²) in [5.41, 5.74) is 5.77. The first-order chi connectivity index (χ1) is 8.22. The molecular formula is C12H20BrN3S. The van der Waals surface area contributed by atoms with Crippen molar-refractivity contribution in [2.75, 3.05) is 6.54 Å². The van der Waals surface area contributed by atoms with Crippen LogP contribution in [-0.4, -0.2) is 12.5 Å². The highest BCUT2D eigenvalue weighted by Crippen LogP contribution is 2.20. The summed E-state index contributed by atoms with van der Waals surface area (Å²) in [5.74, 6) is 0.547. The van der Waals surface area contributed by atoms with Crippen LogP contribution < -0.4 is 11.1 Å². The van der Waals surface area contributed by atoms with Gasteiger partial charge in [0.1, 0.15) is 0 Å². The summed E-state index contributed by atoms with van der Waals surface area (Å²) < 4.78 is 1.11. The van der Waals surface area contributed by atoms with Gasteiger partial charge in [0.25, 0.3) is 0 Å². The number of hydrogen-bond donors (Lipinski definition) is 2. The summed E-state index contributed by atoms with van der Waals surface area (Å²) >= 11 is 5.11. The quantitative estimate of drug-likeness (QED) is 0.459. The predicted molar refractivity (Wildman–Crippen MR) is 79.5 cm³/mol. The third kappa shape index (κ3) is 6.68. The van der Waals surface area contributed by atoms with Gasteiger partial charge in [-0.1, -0.05) is 26.2 Å². The molecule has 0 saturated carbocycles. The molecule has 3 N–H and O–H groups in total. The lowest BCUT2D eigenvalue weighted by molar-refractivity contribution is 0.652. The lowest BCUT2D eigenvalue weighted by Gasteiger charge is -2.04. The number of guanidine groups is 1. The van der Waals surface area contributed by atoms with E-state index in [0.717, 1.165) is 17.4 Å². The van der Waals surface area contributed by atoms with Crippen LogP contribution in [0.15, 0.2) is 20.9 Å². The van der Waals surface area contributed by atoms with Gasteiger partial charge < -0.3 is 11.1 Å². The van der Waals surface area contributed by atoms with Gasteiger partial charge in [0.05, 0.1) is 6.54 Å². The Balaban J connectivity index is 2.16. The highest BCUT2D eigenvalue weighted by atomic mass is 79.9. The molecule has 0 aliphatic heterocycles. The number of nitrogens with zero attached hydrogens (tertiary/aromatic N) is 1. The van der Waals surface area contributed by atoms with E-state index in [1.165, 1.54) is 24.1 Å². The number of nitrogens with one attached hydrogen (secondary N) is 1. The molecule has 0 saturated heterocycles. The molecule has 0 bridgehead atoms. The number of unbranched alkanes of at least 4 members (excludes halogenated alkanes) is 3. The van der Waals surface area contributed by atoms with E-state index < -0.39 is 0 Å². The van der Waals surface area contributed by atoms with Gasteiger partial charge in [0.2, 0.25) is 0 Å². The second kappa shape index (κ2) is 8.53. The molecule has 1 heterocycles. The minimum absolute atomic E-state index is 0.547. The lowest BCUT2D eigenvalue weighted by Crippen LogP contribution is -2.32. The Morgan fingerprint density at radius 2 is 2.29 bits per heavy atom. The van der Waals surface area contributed by atoms with Gasteiger partial charge in [0.15, 0.2) is 5.96 Å². The van der Waals surface area contributed by atoms with Crippen molar-refractivity contribution < 1.29 is 0 Å². The molecule has 1 aromatic rings. The first kappa shape index (κ1) is 14.5. The van der Waals surface area contributed by atoms with Gasteiger partial charge in [-0.2, -0.15) is 0 Å². The van der Waals surface area contributed by atoms with Crippen LogP contribution in [0.2, 0.25) is 0 Å². The van der Waals surface area contributed by atoms with Crippen molar-refractivity contribution in [1.29, 1.82) is 0 Å². The Kier molecular flexibility index (Phi) is 7.28. The molecule has 1 rings (SSSR count). The Morgan fingerprint density at radius 3 is 2.94 bits per heavy atom.